The molecule has 2 aliphatic rings. The largest absolute Gasteiger partial charge is 0.383 e. The summed E-state index contributed by atoms with van der Waals surface area (Å²) in [4.78, 5) is 0. The van der Waals surface area contributed by atoms with Crippen LogP contribution >= 0.6 is 0 Å². The van der Waals surface area contributed by atoms with Crippen molar-refractivity contribution in [2.24, 2.45) is 0 Å². The smallest absolute Gasteiger partial charge is 0.182 e. The van der Waals surface area contributed by atoms with Crippen molar-refractivity contribution < 1.29 is 0 Å². The Bertz CT molecular complexity index is 557. The molecule has 0 saturated heterocycles. The van der Waals surface area contributed by atoms with Crippen LogP contribution in [0.1, 0.15) is 56.2 Å². The molecule has 5 nitrogen and oxygen atoms in total. The first kappa shape index (κ1) is 9.50. The second kappa shape index (κ2) is 3.24. The third kappa shape index (κ3) is 1.31. The molecule has 2 heterocycles. The van der Waals surface area contributed by atoms with E-state index in [1.165, 1.54) is 44.2 Å². The van der Waals surface area contributed by atoms with Crippen LogP contribution in [0.3, 0.4) is 0 Å². The summed E-state index contributed by atoms with van der Waals surface area (Å²) in [7, 11) is 0. The number of hydrogen-bond acceptors (Lipinski definition) is 3. The molecular formula is C12H17N5. The van der Waals surface area contributed by atoms with Gasteiger partial charge in [0.2, 0.25) is 0 Å². The van der Waals surface area contributed by atoms with Crippen molar-refractivity contribution in [3.8, 4) is 0 Å². The summed E-state index contributed by atoms with van der Waals surface area (Å²) in [5.74, 6) is 1.31. The van der Waals surface area contributed by atoms with Gasteiger partial charge in [0.1, 0.15) is 5.82 Å². The predicted octanol–water partition coefficient (Wildman–Crippen LogP) is 2.33. The van der Waals surface area contributed by atoms with Crippen molar-refractivity contribution in [2.45, 2.75) is 50.5 Å². The standard InChI is InChI=1S/C12H17N5/c13-11-9-10(7-5-6-7)16-17(12(9)15-14-11)8-3-1-2-4-8/h7-8H,1-6H2,(H3,13,14,15). The van der Waals surface area contributed by atoms with E-state index in [1.54, 1.807) is 0 Å². The zero-order valence-corrected chi connectivity index (χ0v) is 9.82. The average molecular weight is 231 g/mol. The van der Waals surface area contributed by atoms with Crippen molar-refractivity contribution in [1.82, 2.24) is 20.0 Å². The molecule has 4 rings (SSSR count). The summed E-state index contributed by atoms with van der Waals surface area (Å²) in [6.07, 6.45) is 7.58. The minimum atomic E-state index is 0.535. The molecule has 0 amide bonds. The highest BCUT2D eigenvalue weighted by molar-refractivity contribution is 5.89. The highest BCUT2D eigenvalue weighted by Gasteiger charge is 2.33. The molecule has 0 aromatic carbocycles. The first-order chi connectivity index (χ1) is 8.34. The average Bonchev–Trinajstić information content (AvgIpc) is 2.79. The lowest BCUT2D eigenvalue weighted by Gasteiger charge is -2.09. The third-order valence-corrected chi connectivity index (χ3v) is 4.10. The summed E-state index contributed by atoms with van der Waals surface area (Å²) < 4.78 is 2.13. The van der Waals surface area contributed by atoms with E-state index < -0.39 is 0 Å². The Morgan fingerprint density at radius 3 is 2.65 bits per heavy atom. The van der Waals surface area contributed by atoms with Gasteiger partial charge in [-0.3, -0.25) is 5.10 Å². The number of rotatable bonds is 2. The van der Waals surface area contributed by atoms with E-state index in [1.807, 2.05) is 0 Å². The molecule has 0 spiro atoms. The maximum atomic E-state index is 5.98. The van der Waals surface area contributed by atoms with E-state index in [-0.39, 0.29) is 0 Å². The number of nitrogen functional groups attached to an aromatic ring is 1. The number of anilines is 1. The molecule has 0 unspecified atom stereocenters. The van der Waals surface area contributed by atoms with E-state index >= 15 is 0 Å². The van der Waals surface area contributed by atoms with Crippen molar-refractivity contribution in [3.63, 3.8) is 0 Å². The molecule has 0 radical (unpaired) electrons. The lowest BCUT2D eigenvalue weighted by atomic mass is 10.2. The van der Waals surface area contributed by atoms with Gasteiger partial charge in [-0.05, 0) is 25.7 Å². The van der Waals surface area contributed by atoms with Gasteiger partial charge in [-0.2, -0.15) is 10.2 Å². The maximum Gasteiger partial charge on any atom is 0.182 e. The highest BCUT2D eigenvalue weighted by atomic mass is 15.4. The van der Waals surface area contributed by atoms with Crippen molar-refractivity contribution in [2.75, 3.05) is 5.73 Å². The SMILES string of the molecule is Nc1[nH]nc2c1c(C1CC1)nn2C1CCCC1. The number of H-pyrrole nitrogens is 1. The topological polar surface area (TPSA) is 72.5 Å². The Labute approximate surface area is 99.4 Å². The van der Waals surface area contributed by atoms with E-state index in [4.69, 9.17) is 10.8 Å². The summed E-state index contributed by atoms with van der Waals surface area (Å²) in [6.45, 7) is 0. The van der Waals surface area contributed by atoms with Crippen LogP contribution in [0.4, 0.5) is 5.82 Å². The van der Waals surface area contributed by atoms with Gasteiger partial charge in [0.05, 0.1) is 17.1 Å². The monoisotopic (exact) mass is 231 g/mol. The van der Waals surface area contributed by atoms with Crippen LogP contribution in [0.5, 0.6) is 0 Å². The van der Waals surface area contributed by atoms with Crippen LogP contribution in [-0.4, -0.2) is 20.0 Å². The molecule has 90 valence electrons. The molecule has 0 bridgehead atoms. The fourth-order valence-electron chi connectivity index (χ4n) is 3.02. The predicted molar refractivity (Wildman–Crippen MR) is 65.8 cm³/mol. The first-order valence-electron chi connectivity index (χ1n) is 6.56. The Morgan fingerprint density at radius 2 is 1.94 bits per heavy atom. The fraction of sp³-hybridized carbons (Fsp3) is 0.667. The Balaban J connectivity index is 1.90. The normalized spacial score (nSPS) is 21.6. The zero-order valence-electron chi connectivity index (χ0n) is 9.82. The summed E-state index contributed by atoms with van der Waals surface area (Å²) in [6, 6.07) is 0.535. The molecule has 3 N–H and O–H groups in total. The van der Waals surface area contributed by atoms with Gasteiger partial charge in [-0.1, -0.05) is 12.8 Å². The zero-order chi connectivity index (χ0) is 11.4. The van der Waals surface area contributed by atoms with Gasteiger partial charge < -0.3 is 5.73 Å². The van der Waals surface area contributed by atoms with E-state index in [0.717, 1.165) is 11.0 Å². The van der Waals surface area contributed by atoms with Crippen LogP contribution in [0.25, 0.3) is 11.0 Å². The van der Waals surface area contributed by atoms with Crippen LogP contribution in [0, 0.1) is 0 Å². The van der Waals surface area contributed by atoms with Crippen LogP contribution in [0.2, 0.25) is 0 Å². The fourth-order valence-corrected chi connectivity index (χ4v) is 3.02. The molecule has 0 atom stereocenters. The number of aromatic amines is 1. The van der Waals surface area contributed by atoms with Crippen LogP contribution in [-0.2, 0) is 0 Å². The van der Waals surface area contributed by atoms with Gasteiger partial charge in [0.25, 0.3) is 0 Å². The van der Waals surface area contributed by atoms with Gasteiger partial charge in [0.15, 0.2) is 5.65 Å². The summed E-state index contributed by atoms with van der Waals surface area (Å²) in [5, 5.41) is 13.1. The van der Waals surface area contributed by atoms with Gasteiger partial charge >= 0.3 is 0 Å². The van der Waals surface area contributed by atoms with E-state index in [2.05, 4.69) is 14.9 Å². The van der Waals surface area contributed by atoms with Crippen molar-refractivity contribution in [3.05, 3.63) is 5.69 Å². The number of fused-ring (bicyclic) bond motifs is 1. The van der Waals surface area contributed by atoms with E-state index in [0.29, 0.717) is 17.8 Å². The van der Waals surface area contributed by atoms with Gasteiger partial charge in [-0.15, -0.1) is 0 Å². The van der Waals surface area contributed by atoms with Gasteiger partial charge in [-0.25, -0.2) is 4.68 Å². The van der Waals surface area contributed by atoms with Gasteiger partial charge in [0, 0.05) is 5.92 Å². The highest BCUT2D eigenvalue weighted by Crippen LogP contribution is 2.44. The molecule has 0 aliphatic heterocycles. The number of nitrogens with zero attached hydrogens (tertiary/aromatic N) is 3. The molecule has 2 aromatic heterocycles. The third-order valence-electron chi connectivity index (χ3n) is 4.10. The molecular weight excluding hydrogens is 214 g/mol. The lowest BCUT2D eigenvalue weighted by molar-refractivity contribution is 0.473. The summed E-state index contributed by atoms with van der Waals surface area (Å²) >= 11 is 0. The second-order valence-corrected chi connectivity index (χ2v) is 5.38. The summed E-state index contributed by atoms with van der Waals surface area (Å²) in [5.41, 5.74) is 8.13. The molecule has 2 aromatic rings. The second-order valence-electron chi connectivity index (χ2n) is 5.38. The Hall–Kier alpha value is -1.52. The quantitative estimate of drug-likeness (QED) is 0.833. The Kier molecular flexibility index (Phi) is 1.81. The molecule has 5 heteroatoms. The van der Waals surface area contributed by atoms with E-state index in [9.17, 15) is 0 Å². The van der Waals surface area contributed by atoms with Crippen molar-refractivity contribution in [1.29, 1.82) is 0 Å². The van der Waals surface area contributed by atoms with Crippen molar-refractivity contribution >= 4 is 16.9 Å². The number of nitrogens with two attached hydrogens (primary N) is 1. The molecule has 2 saturated carbocycles. The lowest BCUT2D eigenvalue weighted by Crippen LogP contribution is -2.07. The van der Waals surface area contributed by atoms with Crippen LogP contribution in [0.15, 0.2) is 0 Å². The molecule has 2 fully saturated rings. The first-order valence-corrected chi connectivity index (χ1v) is 6.56. The molecule has 17 heavy (non-hydrogen) atoms. The van der Waals surface area contributed by atoms with Crippen LogP contribution < -0.4 is 5.73 Å². The minimum absolute atomic E-state index is 0.535. The number of hydrogen-bond donors (Lipinski definition) is 2. The minimum Gasteiger partial charge on any atom is -0.383 e. The molecule has 2 aliphatic carbocycles. The number of aromatic nitrogens is 4. The Morgan fingerprint density at radius 1 is 1.18 bits per heavy atom. The maximum absolute atomic E-state index is 5.98. The number of nitrogens with one attached hydrogen (secondary N) is 1.